The summed E-state index contributed by atoms with van der Waals surface area (Å²) in [6.45, 7) is 0.490. The Labute approximate surface area is 239 Å². The molecular weight excluding hydrogens is 626 g/mol. The maximum absolute atomic E-state index is 12.9. The third-order valence-corrected chi connectivity index (χ3v) is 7.37. The second-order valence-electron chi connectivity index (χ2n) is 9.07. The summed E-state index contributed by atoms with van der Waals surface area (Å²) in [5.41, 5.74) is 5.77. The second kappa shape index (κ2) is 11.0. The number of rotatable bonds is 9. The summed E-state index contributed by atoms with van der Waals surface area (Å²) in [5.74, 6) is 0.337. The molecule has 12 heteroatoms. The van der Waals surface area contributed by atoms with E-state index in [0.29, 0.717) is 18.8 Å². The number of halogens is 2. The predicted octanol–water partition coefficient (Wildman–Crippen LogP) is 5.12. The molecule has 1 unspecified atom stereocenters. The summed E-state index contributed by atoms with van der Waals surface area (Å²) in [6, 6.07) is 19.5. The number of aromatic amines is 2. The first-order valence-electron chi connectivity index (χ1n) is 12.3. The van der Waals surface area contributed by atoms with Crippen molar-refractivity contribution in [2.24, 2.45) is 0 Å². The van der Waals surface area contributed by atoms with Gasteiger partial charge in [0.15, 0.2) is 5.82 Å². The maximum atomic E-state index is 12.9. The summed E-state index contributed by atoms with van der Waals surface area (Å²) in [4.78, 5) is 23.7. The van der Waals surface area contributed by atoms with E-state index in [4.69, 9.17) is 0 Å². The topological polar surface area (TPSA) is 129 Å². The number of fused-ring (bicyclic) bond motifs is 2. The lowest BCUT2D eigenvalue weighted by molar-refractivity contribution is -0.121. The number of amides is 1. The van der Waals surface area contributed by atoms with E-state index in [9.17, 15) is 4.79 Å². The van der Waals surface area contributed by atoms with Crippen molar-refractivity contribution >= 4 is 65.4 Å². The molecule has 10 nitrogen and oxygen atoms in total. The predicted molar refractivity (Wildman–Crippen MR) is 156 cm³/mol. The standard InChI is InChI=1S/C27H23Br2N9O/c28-18-9-17(10-19(29)11-18)26(34-20-5-6-23-24(12-20)33-15-32-23)27-35-36-37-38(27)14-25(39)30-8-7-16-13-31-22-4-2-1-3-21(16)22/h1-6,9-13,15,26,31,34H,7-8,14H2,(H,30,39)(H,32,33). The van der Waals surface area contributed by atoms with Crippen LogP contribution in [-0.2, 0) is 17.8 Å². The van der Waals surface area contributed by atoms with E-state index in [1.807, 2.05) is 60.8 Å². The Bertz CT molecular complexity index is 1750. The number of carbonyl (C=O) groups excluding carboxylic acids is 1. The minimum atomic E-state index is -0.441. The highest BCUT2D eigenvalue weighted by atomic mass is 79.9. The fourth-order valence-corrected chi connectivity index (χ4v) is 5.95. The lowest BCUT2D eigenvalue weighted by Gasteiger charge is -2.20. The van der Waals surface area contributed by atoms with Gasteiger partial charge < -0.3 is 20.6 Å². The van der Waals surface area contributed by atoms with Gasteiger partial charge in [-0.15, -0.1) is 5.10 Å². The first-order chi connectivity index (χ1) is 19.0. The van der Waals surface area contributed by atoms with Crippen molar-refractivity contribution in [1.82, 2.24) is 40.5 Å². The number of tetrazole rings is 1. The molecule has 6 rings (SSSR count). The zero-order valence-electron chi connectivity index (χ0n) is 20.5. The van der Waals surface area contributed by atoms with Crippen LogP contribution in [0.15, 0.2) is 82.1 Å². The molecule has 0 aliphatic rings. The molecule has 0 radical (unpaired) electrons. The summed E-state index contributed by atoms with van der Waals surface area (Å²) in [7, 11) is 0. The van der Waals surface area contributed by atoms with Gasteiger partial charge in [-0.2, -0.15) is 0 Å². The summed E-state index contributed by atoms with van der Waals surface area (Å²) < 4.78 is 3.33. The van der Waals surface area contributed by atoms with Gasteiger partial charge in [0.05, 0.1) is 17.4 Å². The van der Waals surface area contributed by atoms with Gasteiger partial charge in [0.1, 0.15) is 12.6 Å². The Morgan fingerprint density at radius 2 is 1.85 bits per heavy atom. The van der Waals surface area contributed by atoms with E-state index in [2.05, 4.69) is 79.0 Å². The van der Waals surface area contributed by atoms with Crippen molar-refractivity contribution < 1.29 is 4.79 Å². The zero-order chi connectivity index (χ0) is 26.8. The number of aromatic nitrogens is 7. The number of carbonyl (C=O) groups is 1. The molecule has 3 aromatic carbocycles. The maximum Gasteiger partial charge on any atom is 0.241 e. The van der Waals surface area contributed by atoms with Crippen LogP contribution in [0.5, 0.6) is 0 Å². The summed E-state index contributed by atoms with van der Waals surface area (Å²) in [5, 5.41) is 20.0. The molecule has 0 spiro atoms. The van der Waals surface area contributed by atoms with Gasteiger partial charge in [0.25, 0.3) is 0 Å². The van der Waals surface area contributed by atoms with Crippen molar-refractivity contribution in [2.45, 2.75) is 19.0 Å². The van der Waals surface area contributed by atoms with E-state index < -0.39 is 6.04 Å². The van der Waals surface area contributed by atoms with Crippen molar-refractivity contribution in [2.75, 3.05) is 11.9 Å². The van der Waals surface area contributed by atoms with Crippen LogP contribution >= 0.6 is 31.9 Å². The van der Waals surface area contributed by atoms with Crippen molar-refractivity contribution in [3.63, 3.8) is 0 Å². The summed E-state index contributed by atoms with van der Waals surface area (Å²) in [6.07, 6.45) is 4.36. The average Bonchev–Trinajstić information content (AvgIpc) is 3.67. The molecule has 3 aromatic heterocycles. The van der Waals surface area contributed by atoms with Gasteiger partial charge in [-0.1, -0.05) is 50.1 Å². The lowest BCUT2D eigenvalue weighted by Crippen LogP contribution is -2.31. The highest BCUT2D eigenvalue weighted by Gasteiger charge is 2.24. The number of H-pyrrole nitrogens is 2. The van der Waals surface area contributed by atoms with Crippen molar-refractivity contribution in [1.29, 1.82) is 0 Å². The molecule has 0 saturated heterocycles. The Morgan fingerprint density at radius 3 is 2.72 bits per heavy atom. The first-order valence-corrected chi connectivity index (χ1v) is 13.9. The SMILES string of the molecule is O=C(Cn1nnnc1C(Nc1ccc2[nH]cnc2c1)c1cc(Br)cc(Br)c1)NCCc1c[nH]c2ccccc12. The van der Waals surface area contributed by atoms with Gasteiger partial charge in [-0.05, 0) is 70.4 Å². The minimum Gasteiger partial charge on any atom is -0.371 e. The van der Waals surface area contributed by atoms with Crippen LogP contribution in [0.25, 0.3) is 21.9 Å². The molecule has 1 atom stereocenters. The van der Waals surface area contributed by atoms with Crippen LogP contribution in [0.4, 0.5) is 5.69 Å². The van der Waals surface area contributed by atoms with E-state index >= 15 is 0 Å². The smallest absolute Gasteiger partial charge is 0.241 e. The minimum absolute atomic E-state index is 0.0119. The number of nitrogens with one attached hydrogen (secondary N) is 4. The molecule has 0 fully saturated rings. The van der Waals surface area contributed by atoms with Crippen LogP contribution in [0, 0.1) is 0 Å². The van der Waals surface area contributed by atoms with E-state index in [1.54, 1.807) is 6.33 Å². The molecule has 39 heavy (non-hydrogen) atoms. The van der Waals surface area contributed by atoms with Gasteiger partial charge >= 0.3 is 0 Å². The van der Waals surface area contributed by atoms with Crippen LogP contribution < -0.4 is 10.6 Å². The number of hydrogen-bond acceptors (Lipinski definition) is 6. The molecule has 3 heterocycles. The Morgan fingerprint density at radius 1 is 1.00 bits per heavy atom. The number of anilines is 1. The molecule has 0 bridgehead atoms. The largest absolute Gasteiger partial charge is 0.371 e. The Hall–Kier alpha value is -4.03. The molecular formula is C27H23Br2N9O. The quantitative estimate of drug-likeness (QED) is 0.172. The third-order valence-electron chi connectivity index (χ3n) is 6.45. The van der Waals surface area contributed by atoms with Crippen LogP contribution in [0.3, 0.4) is 0 Å². The number of para-hydroxylation sites is 1. The third kappa shape index (κ3) is 5.57. The number of nitrogens with zero attached hydrogens (tertiary/aromatic N) is 5. The van der Waals surface area contributed by atoms with Crippen LogP contribution in [0.1, 0.15) is 23.0 Å². The van der Waals surface area contributed by atoms with Gasteiger partial charge in [-0.25, -0.2) is 9.67 Å². The molecule has 0 aliphatic heterocycles. The molecule has 196 valence electrons. The number of imidazole rings is 1. The monoisotopic (exact) mass is 647 g/mol. The molecule has 6 aromatic rings. The fraction of sp³-hybridized carbons (Fsp3) is 0.148. The zero-order valence-corrected chi connectivity index (χ0v) is 23.7. The van der Waals surface area contributed by atoms with Gasteiger partial charge in [0, 0.05) is 38.3 Å². The Balaban J connectivity index is 1.21. The van der Waals surface area contributed by atoms with Crippen LogP contribution in [-0.4, -0.2) is 47.6 Å². The Kier molecular flexibility index (Phi) is 7.12. The molecule has 4 N–H and O–H groups in total. The van der Waals surface area contributed by atoms with Crippen LogP contribution in [0.2, 0.25) is 0 Å². The molecule has 1 amide bonds. The fourth-order valence-electron chi connectivity index (χ4n) is 4.63. The van der Waals surface area contributed by atoms with Crippen molar-refractivity contribution in [3.8, 4) is 0 Å². The average molecular weight is 649 g/mol. The highest BCUT2D eigenvalue weighted by Crippen LogP contribution is 2.31. The molecule has 0 saturated carbocycles. The number of benzene rings is 3. The van der Waals surface area contributed by atoms with E-state index in [0.717, 1.165) is 47.7 Å². The second-order valence-corrected chi connectivity index (χ2v) is 10.9. The lowest BCUT2D eigenvalue weighted by atomic mass is 10.1. The normalized spacial score (nSPS) is 12.2. The van der Waals surface area contributed by atoms with E-state index in [-0.39, 0.29) is 12.5 Å². The van der Waals surface area contributed by atoms with Gasteiger partial charge in [0.2, 0.25) is 5.91 Å². The van der Waals surface area contributed by atoms with Crippen molar-refractivity contribution in [3.05, 3.63) is 99.1 Å². The molecule has 0 aliphatic carbocycles. The van der Waals surface area contributed by atoms with E-state index in [1.165, 1.54) is 4.68 Å². The number of hydrogen-bond donors (Lipinski definition) is 4. The first kappa shape index (κ1) is 25.3. The highest BCUT2D eigenvalue weighted by molar-refractivity contribution is 9.11. The summed E-state index contributed by atoms with van der Waals surface area (Å²) >= 11 is 7.16. The van der Waals surface area contributed by atoms with Gasteiger partial charge in [-0.3, -0.25) is 4.79 Å².